The molecular formula is C13H16ClNO5. The van der Waals surface area contributed by atoms with E-state index < -0.39 is 5.97 Å². The van der Waals surface area contributed by atoms with Gasteiger partial charge in [-0.3, -0.25) is 9.59 Å². The molecule has 0 bridgehead atoms. The summed E-state index contributed by atoms with van der Waals surface area (Å²) in [6, 6.07) is 2.98. The molecule has 1 amide bonds. The molecule has 0 aliphatic rings. The van der Waals surface area contributed by atoms with Crippen LogP contribution in [0.5, 0.6) is 11.5 Å². The molecule has 1 rings (SSSR count). The van der Waals surface area contributed by atoms with Crippen LogP contribution in [0.3, 0.4) is 0 Å². The average molecular weight is 302 g/mol. The summed E-state index contributed by atoms with van der Waals surface area (Å²) in [5.74, 6) is -0.529. The molecule has 0 unspecified atom stereocenters. The van der Waals surface area contributed by atoms with Crippen LogP contribution in [0, 0.1) is 0 Å². The van der Waals surface area contributed by atoms with Crippen LogP contribution in [0.2, 0.25) is 5.02 Å². The van der Waals surface area contributed by atoms with Gasteiger partial charge >= 0.3 is 5.97 Å². The second-order valence-corrected chi connectivity index (χ2v) is 4.35. The van der Waals surface area contributed by atoms with Gasteiger partial charge < -0.3 is 19.9 Å². The maximum absolute atomic E-state index is 11.9. The zero-order chi connectivity index (χ0) is 15.1. The Morgan fingerprint density at radius 1 is 1.30 bits per heavy atom. The molecule has 0 atom stereocenters. The van der Waals surface area contributed by atoms with Crippen molar-refractivity contribution in [1.82, 2.24) is 5.32 Å². The first-order valence-electron chi connectivity index (χ1n) is 5.91. The Hall–Kier alpha value is -1.95. The highest BCUT2D eigenvalue weighted by Crippen LogP contribution is 2.35. The number of carboxylic acid groups (broad SMARTS) is 1. The van der Waals surface area contributed by atoms with Crippen LogP contribution in [0.1, 0.15) is 23.2 Å². The molecule has 0 saturated carbocycles. The molecule has 0 aliphatic carbocycles. The first-order valence-corrected chi connectivity index (χ1v) is 6.29. The van der Waals surface area contributed by atoms with Crippen molar-refractivity contribution in [2.45, 2.75) is 12.8 Å². The number of aliphatic carboxylic acids is 1. The van der Waals surface area contributed by atoms with Crippen molar-refractivity contribution in [2.24, 2.45) is 0 Å². The lowest BCUT2D eigenvalue weighted by molar-refractivity contribution is -0.137. The molecule has 0 fully saturated rings. The van der Waals surface area contributed by atoms with Gasteiger partial charge in [-0.05, 0) is 18.6 Å². The number of nitrogens with one attached hydrogen (secondary N) is 1. The van der Waals surface area contributed by atoms with Crippen molar-refractivity contribution in [2.75, 3.05) is 20.8 Å². The Morgan fingerprint density at radius 2 is 2.00 bits per heavy atom. The van der Waals surface area contributed by atoms with E-state index in [0.717, 1.165) is 0 Å². The fourth-order valence-electron chi connectivity index (χ4n) is 1.59. The molecule has 0 aliphatic heterocycles. The number of hydrogen-bond donors (Lipinski definition) is 2. The van der Waals surface area contributed by atoms with Gasteiger partial charge in [-0.25, -0.2) is 0 Å². The molecule has 1 aromatic carbocycles. The monoisotopic (exact) mass is 301 g/mol. The zero-order valence-electron chi connectivity index (χ0n) is 11.2. The van der Waals surface area contributed by atoms with Crippen LogP contribution in [0.4, 0.5) is 0 Å². The number of rotatable bonds is 7. The molecule has 0 heterocycles. The van der Waals surface area contributed by atoms with Gasteiger partial charge in [-0.2, -0.15) is 0 Å². The standard InChI is InChI=1S/C13H16ClNO5/c1-19-10-7-8(6-9(14)12(10)20-2)13(18)15-5-3-4-11(16)17/h6-7H,3-5H2,1-2H3,(H,15,18)(H,16,17). The topological polar surface area (TPSA) is 84.9 Å². The Balaban J connectivity index is 2.73. The highest BCUT2D eigenvalue weighted by Gasteiger charge is 2.14. The molecule has 0 spiro atoms. The summed E-state index contributed by atoms with van der Waals surface area (Å²) in [7, 11) is 2.90. The number of ether oxygens (including phenoxy) is 2. The van der Waals surface area contributed by atoms with E-state index in [4.69, 9.17) is 26.2 Å². The number of carbonyl (C=O) groups is 2. The SMILES string of the molecule is COc1cc(C(=O)NCCCC(=O)O)cc(Cl)c1OC. The summed E-state index contributed by atoms with van der Waals surface area (Å²) in [6.45, 7) is 0.275. The van der Waals surface area contributed by atoms with Gasteiger partial charge in [0, 0.05) is 18.5 Å². The first kappa shape index (κ1) is 16.1. The van der Waals surface area contributed by atoms with Crippen LogP contribution < -0.4 is 14.8 Å². The predicted molar refractivity (Wildman–Crippen MR) is 73.8 cm³/mol. The summed E-state index contributed by atoms with van der Waals surface area (Å²) >= 11 is 6.00. The molecular weight excluding hydrogens is 286 g/mol. The molecule has 0 radical (unpaired) electrons. The molecule has 2 N–H and O–H groups in total. The van der Waals surface area contributed by atoms with E-state index in [1.807, 2.05) is 0 Å². The molecule has 1 aromatic rings. The van der Waals surface area contributed by atoms with Crippen LogP contribution >= 0.6 is 11.6 Å². The van der Waals surface area contributed by atoms with Crippen molar-refractivity contribution >= 4 is 23.5 Å². The van der Waals surface area contributed by atoms with Crippen LogP contribution in [-0.2, 0) is 4.79 Å². The maximum Gasteiger partial charge on any atom is 0.303 e. The lowest BCUT2D eigenvalue weighted by atomic mass is 10.2. The van der Waals surface area contributed by atoms with Crippen molar-refractivity contribution in [3.63, 3.8) is 0 Å². The third kappa shape index (κ3) is 4.31. The highest BCUT2D eigenvalue weighted by molar-refractivity contribution is 6.32. The minimum Gasteiger partial charge on any atom is -0.493 e. The Morgan fingerprint density at radius 3 is 2.55 bits per heavy atom. The van der Waals surface area contributed by atoms with E-state index in [2.05, 4.69) is 5.32 Å². The summed E-state index contributed by atoms with van der Waals surface area (Å²) in [4.78, 5) is 22.2. The molecule has 110 valence electrons. The Labute approximate surface area is 121 Å². The van der Waals surface area contributed by atoms with Gasteiger partial charge in [0.1, 0.15) is 0 Å². The van der Waals surface area contributed by atoms with E-state index in [-0.39, 0.29) is 23.9 Å². The number of hydrogen-bond acceptors (Lipinski definition) is 4. The normalized spacial score (nSPS) is 9.95. The molecule has 0 aromatic heterocycles. The van der Waals surface area contributed by atoms with Crippen LogP contribution in [-0.4, -0.2) is 37.7 Å². The summed E-state index contributed by atoms with van der Waals surface area (Å²) < 4.78 is 10.2. The van der Waals surface area contributed by atoms with Gasteiger partial charge in [-0.15, -0.1) is 0 Å². The lowest BCUT2D eigenvalue weighted by Crippen LogP contribution is -2.25. The number of amides is 1. The summed E-state index contributed by atoms with van der Waals surface area (Å²) in [5, 5.41) is 11.4. The van der Waals surface area contributed by atoms with E-state index in [9.17, 15) is 9.59 Å². The maximum atomic E-state index is 11.9. The van der Waals surface area contributed by atoms with Crippen molar-refractivity contribution in [3.8, 4) is 11.5 Å². The number of carbonyl (C=O) groups excluding carboxylic acids is 1. The fourth-order valence-corrected chi connectivity index (χ4v) is 1.88. The predicted octanol–water partition coefficient (Wildman–Crippen LogP) is 1.95. The number of methoxy groups -OCH3 is 2. The Bertz CT molecular complexity index is 504. The minimum atomic E-state index is -0.895. The quantitative estimate of drug-likeness (QED) is 0.752. The van der Waals surface area contributed by atoms with E-state index >= 15 is 0 Å². The van der Waals surface area contributed by atoms with Crippen molar-refractivity contribution < 1.29 is 24.2 Å². The third-order valence-corrected chi connectivity index (χ3v) is 2.83. The largest absolute Gasteiger partial charge is 0.493 e. The second-order valence-electron chi connectivity index (χ2n) is 3.95. The molecule has 20 heavy (non-hydrogen) atoms. The first-order chi connectivity index (χ1) is 9.49. The lowest BCUT2D eigenvalue weighted by Gasteiger charge is -2.11. The molecule has 7 heteroatoms. The van der Waals surface area contributed by atoms with Crippen molar-refractivity contribution in [1.29, 1.82) is 0 Å². The fraction of sp³-hybridized carbons (Fsp3) is 0.385. The molecule has 6 nitrogen and oxygen atoms in total. The van der Waals surface area contributed by atoms with Gasteiger partial charge in [0.25, 0.3) is 5.91 Å². The summed E-state index contributed by atoms with van der Waals surface area (Å²) in [6.07, 6.45) is 0.370. The zero-order valence-corrected chi connectivity index (χ0v) is 12.0. The van der Waals surface area contributed by atoms with Crippen LogP contribution in [0.25, 0.3) is 0 Å². The van der Waals surface area contributed by atoms with Gasteiger partial charge in [-0.1, -0.05) is 11.6 Å². The van der Waals surface area contributed by atoms with Gasteiger partial charge in [0.05, 0.1) is 19.2 Å². The summed E-state index contributed by atoms with van der Waals surface area (Å²) in [5.41, 5.74) is 0.322. The average Bonchev–Trinajstić information content (AvgIpc) is 2.42. The Kier molecular flexibility index (Phi) is 6.11. The van der Waals surface area contributed by atoms with E-state index in [1.165, 1.54) is 26.4 Å². The number of carboxylic acids is 1. The van der Waals surface area contributed by atoms with Crippen molar-refractivity contribution in [3.05, 3.63) is 22.7 Å². The smallest absolute Gasteiger partial charge is 0.303 e. The van der Waals surface area contributed by atoms with Gasteiger partial charge in [0.2, 0.25) is 0 Å². The number of benzene rings is 1. The second kappa shape index (κ2) is 7.59. The third-order valence-electron chi connectivity index (χ3n) is 2.55. The molecule has 0 saturated heterocycles. The van der Waals surface area contributed by atoms with Crippen LogP contribution in [0.15, 0.2) is 12.1 Å². The highest BCUT2D eigenvalue weighted by atomic mass is 35.5. The van der Waals surface area contributed by atoms with E-state index in [1.54, 1.807) is 0 Å². The minimum absolute atomic E-state index is 0.00691. The van der Waals surface area contributed by atoms with Gasteiger partial charge in [0.15, 0.2) is 11.5 Å². The number of halogens is 1. The van der Waals surface area contributed by atoms with E-state index in [0.29, 0.717) is 23.5 Å².